The Morgan fingerprint density at radius 3 is 1.95 bits per heavy atom. The van der Waals surface area contributed by atoms with Crippen LogP contribution in [0.1, 0.15) is 27.5 Å². The van der Waals surface area contributed by atoms with Crippen LogP contribution in [0.15, 0.2) is 48.5 Å². The van der Waals surface area contributed by atoms with E-state index < -0.39 is 0 Å². The summed E-state index contributed by atoms with van der Waals surface area (Å²) in [6.07, 6.45) is 2.29. The Kier molecular flexibility index (Phi) is 3.90. The molecule has 98 valence electrons. The standard InChI is InChI=1S/C17H19NS/c18-11-12-19-17-15-7-3-1-5-13(15)9-10-14-6-2-4-8-16(14)17/h1-8,17H,9-12,18H2. The van der Waals surface area contributed by atoms with Gasteiger partial charge in [-0.25, -0.2) is 0 Å². The molecule has 0 radical (unpaired) electrons. The zero-order valence-electron chi connectivity index (χ0n) is 11.0. The van der Waals surface area contributed by atoms with Crippen LogP contribution in [0.25, 0.3) is 0 Å². The summed E-state index contributed by atoms with van der Waals surface area (Å²) in [5.41, 5.74) is 11.6. The van der Waals surface area contributed by atoms with Gasteiger partial charge in [-0.3, -0.25) is 0 Å². The van der Waals surface area contributed by atoms with Gasteiger partial charge in [0.2, 0.25) is 0 Å². The number of hydrogen-bond donors (Lipinski definition) is 1. The molecule has 1 aliphatic rings. The fraction of sp³-hybridized carbons (Fsp3) is 0.294. The van der Waals surface area contributed by atoms with Crippen molar-refractivity contribution in [1.29, 1.82) is 0 Å². The Labute approximate surface area is 119 Å². The number of hydrogen-bond acceptors (Lipinski definition) is 2. The molecular formula is C17H19NS. The molecule has 0 atom stereocenters. The second kappa shape index (κ2) is 5.81. The molecule has 0 amide bonds. The molecule has 0 fully saturated rings. The van der Waals surface area contributed by atoms with Gasteiger partial charge in [0.1, 0.15) is 0 Å². The molecule has 1 nitrogen and oxygen atoms in total. The number of benzene rings is 2. The summed E-state index contributed by atoms with van der Waals surface area (Å²) in [6, 6.07) is 17.7. The first kappa shape index (κ1) is 12.8. The maximum absolute atomic E-state index is 5.70. The van der Waals surface area contributed by atoms with Crippen LogP contribution in [0.5, 0.6) is 0 Å². The van der Waals surface area contributed by atoms with Gasteiger partial charge in [-0.1, -0.05) is 48.5 Å². The minimum absolute atomic E-state index is 0.443. The van der Waals surface area contributed by atoms with Crippen molar-refractivity contribution in [2.24, 2.45) is 5.73 Å². The molecule has 2 heteroatoms. The maximum atomic E-state index is 5.70. The Balaban J connectivity index is 2.08. The number of fused-ring (bicyclic) bond motifs is 2. The maximum Gasteiger partial charge on any atom is 0.0552 e. The normalized spacial score (nSPS) is 14.6. The minimum atomic E-state index is 0.443. The average Bonchev–Trinajstić information content (AvgIpc) is 2.62. The van der Waals surface area contributed by atoms with Crippen LogP contribution in [-0.2, 0) is 12.8 Å². The third kappa shape index (κ3) is 2.56. The molecule has 1 aliphatic carbocycles. The molecular weight excluding hydrogens is 250 g/mol. The summed E-state index contributed by atoms with van der Waals surface area (Å²) in [6.45, 7) is 0.742. The summed E-state index contributed by atoms with van der Waals surface area (Å²) in [5.74, 6) is 1.01. The molecule has 2 aromatic rings. The van der Waals surface area contributed by atoms with Crippen LogP contribution >= 0.6 is 11.8 Å². The molecule has 0 heterocycles. The predicted octanol–water partition coefficient (Wildman–Crippen LogP) is 3.57. The van der Waals surface area contributed by atoms with Crippen molar-refractivity contribution in [2.45, 2.75) is 18.1 Å². The van der Waals surface area contributed by atoms with Crippen molar-refractivity contribution in [3.8, 4) is 0 Å². The second-order valence-corrected chi connectivity index (χ2v) is 6.15. The lowest BCUT2D eigenvalue weighted by atomic mass is 10.00. The third-order valence-corrected chi connectivity index (χ3v) is 5.05. The second-order valence-electron chi connectivity index (χ2n) is 4.94. The Bertz CT molecular complexity index is 517. The van der Waals surface area contributed by atoms with Crippen LogP contribution in [0.4, 0.5) is 0 Å². The smallest absolute Gasteiger partial charge is 0.0552 e. The molecule has 3 rings (SSSR count). The highest BCUT2D eigenvalue weighted by Crippen LogP contribution is 2.41. The molecule has 0 saturated heterocycles. The zero-order chi connectivity index (χ0) is 13.1. The first-order valence-electron chi connectivity index (χ1n) is 6.87. The first-order valence-corrected chi connectivity index (χ1v) is 7.92. The Morgan fingerprint density at radius 2 is 1.42 bits per heavy atom. The molecule has 0 bridgehead atoms. The topological polar surface area (TPSA) is 26.0 Å². The molecule has 0 spiro atoms. The Hall–Kier alpha value is -1.25. The van der Waals surface area contributed by atoms with E-state index >= 15 is 0 Å². The summed E-state index contributed by atoms with van der Waals surface area (Å²) < 4.78 is 0. The van der Waals surface area contributed by atoms with Gasteiger partial charge < -0.3 is 5.73 Å². The van der Waals surface area contributed by atoms with Gasteiger partial charge in [-0.2, -0.15) is 0 Å². The van der Waals surface area contributed by atoms with E-state index in [0.29, 0.717) is 5.25 Å². The lowest BCUT2D eigenvalue weighted by molar-refractivity contribution is 0.965. The van der Waals surface area contributed by atoms with Crippen LogP contribution in [0.3, 0.4) is 0 Å². The van der Waals surface area contributed by atoms with Crippen molar-refractivity contribution < 1.29 is 0 Å². The highest BCUT2D eigenvalue weighted by atomic mass is 32.2. The van der Waals surface area contributed by atoms with Gasteiger partial charge >= 0.3 is 0 Å². The predicted molar refractivity (Wildman–Crippen MR) is 83.6 cm³/mol. The molecule has 0 saturated carbocycles. The fourth-order valence-corrected chi connectivity index (χ4v) is 4.03. The van der Waals surface area contributed by atoms with E-state index in [4.69, 9.17) is 5.73 Å². The molecule has 19 heavy (non-hydrogen) atoms. The van der Waals surface area contributed by atoms with E-state index in [2.05, 4.69) is 48.5 Å². The molecule has 0 aromatic heterocycles. The van der Waals surface area contributed by atoms with Crippen LogP contribution in [-0.4, -0.2) is 12.3 Å². The number of nitrogens with two attached hydrogens (primary N) is 1. The van der Waals surface area contributed by atoms with Gasteiger partial charge in [0.05, 0.1) is 5.25 Å². The van der Waals surface area contributed by atoms with Crippen LogP contribution in [0, 0.1) is 0 Å². The molecule has 2 N–H and O–H groups in total. The van der Waals surface area contributed by atoms with E-state index in [9.17, 15) is 0 Å². The summed E-state index contributed by atoms with van der Waals surface area (Å²) in [5, 5.41) is 0.443. The van der Waals surface area contributed by atoms with Gasteiger partial charge in [0, 0.05) is 12.3 Å². The van der Waals surface area contributed by atoms with Crippen LogP contribution < -0.4 is 5.73 Å². The van der Waals surface area contributed by atoms with E-state index in [0.717, 1.165) is 25.1 Å². The van der Waals surface area contributed by atoms with E-state index in [-0.39, 0.29) is 0 Å². The number of rotatable bonds is 3. The Morgan fingerprint density at radius 1 is 0.895 bits per heavy atom. The molecule has 2 aromatic carbocycles. The van der Waals surface area contributed by atoms with E-state index in [1.807, 2.05) is 11.8 Å². The van der Waals surface area contributed by atoms with Crippen molar-refractivity contribution in [2.75, 3.05) is 12.3 Å². The van der Waals surface area contributed by atoms with Crippen molar-refractivity contribution >= 4 is 11.8 Å². The minimum Gasteiger partial charge on any atom is -0.330 e. The first-order chi connectivity index (χ1) is 9.40. The summed E-state index contributed by atoms with van der Waals surface area (Å²) in [7, 11) is 0. The van der Waals surface area contributed by atoms with Crippen molar-refractivity contribution in [3.05, 3.63) is 70.8 Å². The van der Waals surface area contributed by atoms with Crippen molar-refractivity contribution in [3.63, 3.8) is 0 Å². The van der Waals surface area contributed by atoms with Gasteiger partial charge in [-0.15, -0.1) is 11.8 Å². The molecule has 0 aliphatic heterocycles. The van der Waals surface area contributed by atoms with Crippen LogP contribution in [0.2, 0.25) is 0 Å². The highest BCUT2D eigenvalue weighted by Gasteiger charge is 2.22. The third-order valence-electron chi connectivity index (χ3n) is 3.74. The number of aryl methyl sites for hydroxylation is 2. The van der Waals surface area contributed by atoms with Gasteiger partial charge in [-0.05, 0) is 35.1 Å². The lowest BCUT2D eigenvalue weighted by Gasteiger charge is -2.19. The SMILES string of the molecule is NCCSC1c2ccccc2CCc2ccccc21. The monoisotopic (exact) mass is 269 g/mol. The summed E-state index contributed by atoms with van der Waals surface area (Å²) >= 11 is 1.97. The lowest BCUT2D eigenvalue weighted by Crippen LogP contribution is -2.06. The quantitative estimate of drug-likeness (QED) is 0.922. The van der Waals surface area contributed by atoms with Gasteiger partial charge in [0.15, 0.2) is 0 Å². The van der Waals surface area contributed by atoms with E-state index in [1.54, 1.807) is 0 Å². The fourth-order valence-electron chi connectivity index (χ4n) is 2.84. The number of thioether (sulfide) groups is 1. The van der Waals surface area contributed by atoms with Crippen molar-refractivity contribution in [1.82, 2.24) is 0 Å². The average molecular weight is 269 g/mol. The summed E-state index contributed by atoms with van der Waals surface area (Å²) in [4.78, 5) is 0. The van der Waals surface area contributed by atoms with Gasteiger partial charge in [0.25, 0.3) is 0 Å². The highest BCUT2D eigenvalue weighted by molar-refractivity contribution is 7.99. The zero-order valence-corrected chi connectivity index (χ0v) is 11.8. The largest absolute Gasteiger partial charge is 0.330 e. The van der Waals surface area contributed by atoms with E-state index in [1.165, 1.54) is 22.3 Å². The molecule has 0 unspecified atom stereocenters.